The maximum atomic E-state index is 12.6. The Morgan fingerprint density at radius 1 is 1.03 bits per heavy atom. The van der Waals surface area contributed by atoms with E-state index in [1.165, 1.54) is 0 Å². The number of aromatic hydroxyl groups is 2. The monoisotopic (exact) mass is 393 g/mol. The van der Waals surface area contributed by atoms with Gasteiger partial charge in [0, 0.05) is 30.9 Å². The number of hydrogen-bond donors (Lipinski definition) is 4. The zero-order valence-corrected chi connectivity index (χ0v) is 15.9. The molecule has 7 nitrogen and oxygen atoms in total. The van der Waals surface area contributed by atoms with Crippen LogP contribution in [0.5, 0.6) is 11.6 Å². The first-order valence-electron chi connectivity index (χ1n) is 9.52. The van der Waals surface area contributed by atoms with Crippen molar-refractivity contribution >= 4 is 17.3 Å². The predicted octanol–water partition coefficient (Wildman–Crippen LogP) is 3.11. The molecule has 0 saturated carbocycles. The molecule has 1 aliphatic rings. The Kier molecular flexibility index (Phi) is 5.39. The smallest absolute Gasteiger partial charge is 0.264 e. The first-order chi connectivity index (χ1) is 14.1. The maximum absolute atomic E-state index is 12.6. The van der Waals surface area contributed by atoms with Gasteiger partial charge in [0.2, 0.25) is 5.88 Å². The van der Waals surface area contributed by atoms with Gasteiger partial charge < -0.3 is 30.2 Å². The number of anilines is 2. The van der Waals surface area contributed by atoms with Crippen molar-refractivity contribution in [2.75, 3.05) is 36.5 Å². The summed E-state index contributed by atoms with van der Waals surface area (Å²) in [6.07, 6.45) is 0.377. The van der Waals surface area contributed by atoms with Gasteiger partial charge in [-0.15, -0.1) is 0 Å². The molecule has 1 saturated heterocycles. The van der Waals surface area contributed by atoms with Gasteiger partial charge in [-0.05, 0) is 29.8 Å². The first-order valence-corrected chi connectivity index (χ1v) is 9.52. The van der Waals surface area contributed by atoms with E-state index in [1.807, 2.05) is 42.5 Å². The number of H-pyrrole nitrogens is 1. The van der Waals surface area contributed by atoms with Gasteiger partial charge in [-0.1, -0.05) is 30.3 Å². The number of nitrogens with zero attached hydrogens (tertiary/aromatic N) is 1. The van der Waals surface area contributed by atoms with Crippen LogP contribution in [0, 0.1) is 0 Å². The highest BCUT2D eigenvalue weighted by molar-refractivity contribution is 6.08. The number of rotatable bonds is 5. The van der Waals surface area contributed by atoms with Gasteiger partial charge in [-0.2, -0.15) is 0 Å². The predicted molar refractivity (Wildman–Crippen MR) is 111 cm³/mol. The topological polar surface area (TPSA) is 97.8 Å². The van der Waals surface area contributed by atoms with Crippen LogP contribution in [-0.4, -0.2) is 47.4 Å². The number of aromatic nitrogens is 1. The van der Waals surface area contributed by atoms with Crippen molar-refractivity contribution in [1.29, 1.82) is 0 Å². The van der Waals surface area contributed by atoms with E-state index < -0.39 is 5.91 Å². The number of ether oxygens (including phenoxy) is 1. The molecule has 0 atom stereocenters. The van der Waals surface area contributed by atoms with Crippen molar-refractivity contribution in [3.8, 4) is 11.6 Å². The zero-order valence-electron chi connectivity index (χ0n) is 15.9. The van der Waals surface area contributed by atoms with E-state index in [1.54, 1.807) is 12.1 Å². The van der Waals surface area contributed by atoms with Crippen LogP contribution in [0.2, 0.25) is 0 Å². The Labute approximate surface area is 168 Å². The van der Waals surface area contributed by atoms with Gasteiger partial charge in [0.05, 0.1) is 18.9 Å². The zero-order chi connectivity index (χ0) is 20.2. The lowest BCUT2D eigenvalue weighted by Gasteiger charge is -2.28. The summed E-state index contributed by atoms with van der Waals surface area (Å²) in [5, 5.41) is 23.3. The van der Waals surface area contributed by atoms with Crippen molar-refractivity contribution in [2.45, 2.75) is 6.42 Å². The van der Waals surface area contributed by atoms with Crippen LogP contribution in [0.4, 0.5) is 11.4 Å². The number of aromatic amines is 1. The van der Waals surface area contributed by atoms with Gasteiger partial charge in [-0.3, -0.25) is 4.79 Å². The third-order valence-corrected chi connectivity index (χ3v) is 4.98. The molecule has 1 amide bonds. The highest BCUT2D eigenvalue weighted by Gasteiger charge is 2.23. The molecule has 0 unspecified atom stereocenters. The summed E-state index contributed by atoms with van der Waals surface area (Å²) in [6.45, 7) is 3.08. The Morgan fingerprint density at radius 3 is 2.41 bits per heavy atom. The lowest BCUT2D eigenvalue weighted by Crippen LogP contribution is -2.36. The third-order valence-electron chi connectivity index (χ3n) is 4.98. The summed E-state index contributed by atoms with van der Waals surface area (Å²) in [6, 6.07) is 17.0. The van der Waals surface area contributed by atoms with E-state index in [0.717, 1.165) is 24.3 Å². The summed E-state index contributed by atoms with van der Waals surface area (Å²) >= 11 is 0. The van der Waals surface area contributed by atoms with E-state index >= 15 is 0 Å². The Bertz CT molecular complexity index is 977. The molecular formula is C22H23N3O4. The Balaban J connectivity index is 1.47. The van der Waals surface area contributed by atoms with Crippen molar-refractivity contribution in [1.82, 2.24) is 4.98 Å². The van der Waals surface area contributed by atoms with Crippen LogP contribution >= 0.6 is 0 Å². The van der Waals surface area contributed by atoms with Crippen LogP contribution in [-0.2, 0) is 11.2 Å². The van der Waals surface area contributed by atoms with Crippen molar-refractivity contribution in [3.05, 3.63) is 71.4 Å². The highest BCUT2D eigenvalue weighted by Crippen LogP contribution is 2.33. The van der Waals surface area contributed by atoms with Gasteiger partial charge in [0.25, 0.3) is 5.91 Å². The fourth-order valence-corrected chi connectivity index (χ4v) is 3.44. The molecular weight excluding hydrogens is 370 g/mol. The molecule has 1 aromatic heterocycles. The quantitative estimate of drug-likeness (QED) is 0.534. The minimum absolute atomic E-state index is 0.159. The molecule has 2 aromatic carbocycles. The lowest BCUT2D eigenvalue weighted by atomic mass is 10.1. The normalized spacial score (nSPS) is 14.0. The number of benzene rings is 2. The van der Waals surface area contributed by atoms with Gasteiger partial charge >= 0.3 is 0 Å². The molecule has 1 fully saturated rings. The van der Waals surface area contributed by atoms with Gasteiger partial charge in [-0.25, -0.2) is 0 Å². The summed E-state index contributed by atoms with van der Waals surface area (Å²) in [7, 11) is 0. The van der Waals surface area contributed by atoms with E-state index in [2.05, 4.69) is 15.2 Å². The van der Waals surface area contributed by atoms with E-state index in [9.17, 15) is 15.0 Å². The van der Waals surface area contributed by atoms with Crippen LogP contribution < -0.4 is 10.2 Å². The maximum Gasteiger partial charge on any atom is 0.264 e. The minimum Gasteiger partial charge on any atom is -0.505 e. The van der Waals surface area contributed by atoms with Crippen LogP contribution in [0.1, 0.15) is 21.6 Å². The second kappa shape index (κ2) is 8.28. The molecule has 0 bridgehead atoms. The average Bonchev–Trinajstić information content (AvgIpc) is 3.03. The molecule has 0 radical (unpaired) electrons. The van der Waals surface area contributed by atoms with Crippen LogP contribution in [0.3, 0.4) is 0 Å². The number of hydrogen-bond acceptors (Lipinski definition) is 5. The lowest BCUT2D eigenvalue weighted by molar-refractivity contribution is 0.102. The molecule has 29 heavy (non-hydrogen) atoms. The van der Waals surface area contributed by atoms with Crippen molar-refractivity contribution in [2.24, 2.45) is 0 Å². The SMILES string of the molecule is O=C(Nc1ccc(N2CCOCC2)cc1)c1c(O)[nH]c(Cc2ccccc2)c1O. The molecule has 0 spiro atoms. The van der Waals surface area contributed by atoms with E-state index in [4.69, 9.17) is 4.74 Å². The minimum atomic E-state index is -0.574. The van der Waals surface area contributed by atoms with Gasteiger partial charge in [0.15, 0.2) is 5.75 Å². The molecule has 4 N–H and O–H groups in total. The number of carbonyl (C=O) groups excluding carboxylic acids is 1. The van der Waals surface area contributed by atoms with Crippen molar-refractivity contribution in [3.63, 3.8) is 0 Å². The molecule has 1 aliphatic heterocycles. The number of amides is 1. The standard InChI is InChI=1S/C22H23N3O4/c26-20-18(14-15-4-2-1-3-5-15)24-22(28)19(20)21(27)23-16-6-8-17(9-7-16)25-10-12-29-13-11-25/h1-9,24,26,28H,10-14H2,(H,23,27). The highest BCUT2D eigenvalue weighted by atomic mass is 16.5. The fraction of sp³-hybridized carbons (Fsp3) is 0.227. The van der Waals surface area contributed by atoms with Crippen LogP contribution in [0.25, 0.3) is 0 Å². The molecule has 3 aromatic rings. The fourth-order valence-electron chi connectivity index (χ4n) is 3.44. The Morgan fingerprint density at radius 2 is 1.72 bits per heavy atom. The van der Waals surface area contributed by atoms with Crippen molar-refractivity contribution < 1.29 is 19.7 Å². The summed E-state index contributed by atoms with van der Waals surface area (Å²) in [4.78, 5) is 17.6. The van der Waals surface area contributed by atoms with Gasteiger partial charge in [0.1, 0.15) is 5.56 Å². The number of nitrogens with one attached hydrogen (secondary N) is 2. The van der Waals surface area contributed by atoms with E-state index in [0.29, 0.717) is 31.0 Å². The largest absolute Gasteiger partial charge is 0.505 e. The molecule has 2 heterocycles. The second-order valence-electron chi connectivity index (χ2n) is 6.94. The molecule has 4 rings (SSSR count). The summed E-state index contributed by atoms with van der Waals surface area (Å²) in [5.74, 6) is -1.17. The number of carbonyl (C=O) groups is 1. The van der Waals surface area contributed by atoms with E-state index in [-0.39, 0.29) is 17.2 Å². The summed E-state index contributed by atoms with van der Waals surface area (Å²) < 4.78 is 5.36. The third kappa shape index (κ3) is 4.20. The first kappa shape index (κ1) is 18.9. The Hall–Kier alpha value is -3.45. The molecule has 0 aliphatic carbocycles. The second-order valence-corrected chi connectivity index (χ2v) is 6.94. The summed E-state index contributed by atoms with van der Waals surface area (Å²) in [5.41, 5.74) is 2.82. The van der Waals surface area contributed by atoms with Crippen LogP contribution in [0.15, 0.2) is 54.6 Å². The average molecular weight is 393 g/mol. The molecule has 7 heteroatoms. The number of morpholine rings is 1. The molecule has 150 valence electrons.